The lowest BCUT2D eigenvalue weighted by atomic mass is 10.0. The van der Waals surface area contributed by atoms with Crippen molar-refractivity contribution in [1.82, 2.24) is 4.98 Å². The largest absolute Gasteiger partial charge is 0.396 e. The molecule has 1 aromatic heterocycles. The molecule has 0 fully saturated rings. The van der Waals surface area contributed by atoms with Crippen molar-refractivity contribution >= 4 is 17.2 Å². The standard InChI is InChI=1S/C18H17N3/c1-13-11-12-16(19)18(20-13)21-17-10-6-5-9-15(17)14-7-3-2-4-8-14/h2-12H,19H2,1H3,(H,20,21). The first-order valence-corrected chi connectivity index (χ1v) is 6.88. The van der Waals surface area contributed by atoms with Crippen LogP contribution in [0.2, 0.25) is 0 Å². The van der Waals surface area contributed by atoms with Crippen molar-refractivity contribution in [2.75, 3.05) is 11.1 Å². The van der Waals surface area contributed by atoms with Crippen molar-refractivity contribution in [2.24, 2.45) is 0 Å². The average molecular weight is 275 g/mol. The van der Waals surface area contributed by atoms with Crippen LogP contribution in [0.3, 0.4) is 0 Å². The molecule has 0 bridgehead atoms. The summed E-state index contributed by atoms with van der Waals surface area (Å²) in [7, 11) is 0. The number of nitrogens with zero attached hydrogens (tertiary/aromatic N) is 1. The van der Waals surface area contributed by atoms with E-state index in [9.17, 15) is 0 Å². The summed E-state index contributed by atoms with van der Waals surface area (Å²) in [5.74, 6) is 0.693. The third-order valence-corrected chi connectivity index (χ3v) is 3.33. The van der Waals surface area contributed by atoms with Crippen LogP contribution >= 0.6 is 0 Å². The Labute approximate surface area is 124 Å². The minimum atomic E-state index is 0.642. The summed E-state index contributed by atoms with van der Waals surface area (Å²) in [6.45, 7) is 1.95. The van der Waals surface area contributed by atoms with Gasteiger partial charge in [-0.25, -0.2) is 4.98 Å². The molecule has 0 aliphatic rings. The van der Waals surface area contributed by atoms with Gasteiger partial charge < -0.3 is 11.1 Å². The first-order valence-electron chi connectivity index (χ1n) is 6.88. The summed E-state index contributed by atoms with van der Waals surface area (Å²) < 4.78 is 0. The van der Waals surface area contributed by atoms with Gasteiger partial charge in [-0.05, 0) is 30.7 Å². The monoisotopic (exact) mass is 275 g/mol. The van der Waals surface area contributed by atoms with Crippen LogP contribution in [0.5, 0.6) is 0 Å². The second-order valence-electron chi connectivity index (χ2n) is 4.93. The second kappa shape index (κ2) is 5.67. The summed E-state index contributed by atoms with van der Waals surface area (Å²) in [6, 6.07) is 22.2. The Hall–Kier alpha value is -2.81. The van der Waals surface area contributed by atoms with E-state index in [0.717, 1.165) is 22.5 Å². The average Bonchev–Trinajstić information content (AvgIpc) is 2.52. The first kappa shape index (κ1) is 13.2. The Kier molecular flexibility index (Phi) is 3.56. The fourth-order valence-electron chi connectivity index (χ4n) is 2.26. The van der Waals surface area contributed by atoms with Crippen molar-refractivity contribution < 1.29 is 0 Å². The van der Waals surface area contributed by atoms with E-state index in [1.807, 2.05) is 55.5 Å². The van der Waals surface area contributed by atoms with E-state index in [-0.39, 0.29) is 0 Å². The molecule has 21 heavy (non-hydrogen) atoms. The lowest BCUT2D eigenvalue weighted by Gasteiger charge is -2.13. The number of pyridine rings is 1. The van der Waals surface area contributed by atoms with Gasteiger partial charge in [0, 0.05) is 16.9 Å². The van der Waals surface area contributed by atoms with Gasteiger partial charge >= 0.3 is 0 Å². The molecule has 0 saturated carbocycles. The molecule has 0 spiro atoms. The van der Waals surface area contributed by atoms with E-state index < -0.39 is 0 Å². The van der Waals surface area contributed by atoms with Crippen molar-refractivity contribution in [2.45, 2.75) is 6.92 Å². The summed E-state index contributed by atoms with van der Waals surface area (Å²) in [5, 5.41) is 3.34. The van der Waals surface area contributed by atoms with Gasteiger partial charge in [0.2, 0.25) is 0 Å². The zero-order valence-electron chi connectivity index (χ0n) is 11.9. The molecule has 3 aromatic rings. The Morgan fingerprint density at radius 3 is 2.38 bits per heavy atom. The minimum Gasteiger partial charge on any atom is -0.396 e. The highest BCUT2D eigenvalue weighted by Crippen LogP contribution is 2.31. The highest BCUT2D eigenvalue weighted by molar-refractivity contribution is 5.82. The summed E-state index contributed by atoms with van der Waals surface area (Å²) in [4.78, 5) is 4.47. The number of hydrogen-bond acceptors (Lipinski definition) is 3. The number of anilines is 3. The van der Waals surface area contributed by atoms with Gasteiger partial charge in [0.1, 0.15) is 0 Å². The molecule has 104 valence electrons. The smallest absolute Gasteiger partial charge is 0.153 e. The Balaban J connectivity index is 2.02. The third-order valence-electron chi connectivity index (χ3n) is 3.33. The van der Waals surface area contributed by atoms with Gasteiger partial charge in [-0.2, -0.15) is 0 Å². The molecular formula is C18H17N3. The predicted octanol–water partition coefficient (Wildman–Crippen LogP) is 4.38. The lowest BCUT2D eigenvalue weighted by molar-refractivity contribution is 1.20. The highest BCUT2D eigenvalue weighted by atomic mass is 15.0. The SMILES string of the molecule is Cc1ccc(N)c(Nc2ccccc2-c2ccccc2)n1. The van der Waals surface area contributed by atoms with Crippen molar-refractivity contribution in [3.63, 3.8) is 0 Å². The van der Waals surface area contributed by atoms with Gasteiger partial charge in [0.05, 0.1) is 5.69 Å². The van der Waals surface area contributed by atoms with Crippen LogP contribution in [0.4, 0.5) is 17.2 Å². The van der Waals surface area contributed by atoms with Crippen LogP contribution in [0.25, 0.3) is 11.1 Å². The number of nitrogens with two attached hydrogens (primary N) is 1. The Bertz CT molecular complexity index is 751. The molecule has 3 rings (SSSR count). The molecule has 0 radical (unpaired) electrons. The quantitative estimate of drug-likeness (QED) is 0.745. The maximum absolute atomic E-state index is 6.00. The molecule has 0 atom stereocenters. The van der Waals surface area contributed by atoms with Crippen LogP contribution in [-0.4, -0.2) is 4.98 Å². The Morgan fingerprint density at radius 1 is 0.857 bits per heavy atom. The van der Waals surface area contributed by atoms with Gasteiger partial charge in [-0.1, -0.05) is 48.5 Å². The zero-order valence-corrected chi connectivity index (χ0v) is 11.9. The molecule has 0 aliphatic carbocycles. The number of benzene rings is 2. The second-order valence-corrected chi connectivity index (χ2v) is 4.93. The zero-order chi connectivity index (χ0) is 14.7. The van der Waals surface area contributed by atoms with Crippen LogP contribution in [0, 0.1) is 6.92 Å². The van der Waals surface area contributed by atoms with Crippen molar-refractivity contribution in [3.05, 3.63) is 72.4 Å². The fraction of sp³-hybridized carbons (Fsp3) is 0.0556. The van der Waals surface area contributed by atoms with E-state index in [4.69, 9.17) is 5.73 Å². The van der Waals surface area contributed by atoms with Crippen LogP contribution < -0.4 is 11.1 Å². The van der Waals surface area contributed by atoms with Crippen molar-refractivity contribution in [1.29, 1.82) is 0 Å². The lowest BCUT2D eigenvalue weighted by Crippen LogP contribution is -2.01. The number of nitrogen functional groups attached to an aromatic ring is 1. The number of rotatable bonds is 3. The van der Waals surface area contributed by atoms with Gasteiger partial charge in [-0.3, -0.25) is 0 Å². The number of nitrogens with one attached hydrogen (secondary N) is 1. The van der Waals surface area contributed by atoms with Gasteiger partial charge in [-0.15, -0.1) is 0 Å². The number of hydrogen-bond donors (Lipinski definition) is 2. The Morgan fingerprint density at radius 2 is 1.57 bits per heavy atom. The third kappa shape index (κ3) is 2.87. The molecule has 3 heteroatoms. The normalized spacial score (nSPS) is 10.3. The van der Waals surface area contributed by atoms with Crippen molar-refractivity contribution in [3.8, 4) is 11.1 Å². The van der Waals surface area contributed by atoms with Crippen LogP contribution in [0.15, 0.2) is 66.7 Å². The van der Waals surface area contributed by atoms with Crippen LogP contribution in [0.1, 0.15) is 5.69 Å². The predicted molar refractivity (Wildman–Crippen MR) is 88.5 cm³/mol. The number of aromatic nitrogens is 1. The maximum atomic E-state index is 6.00. The molecule has 0 amide bonds. The first-order chi connectivity index (χ1) is 10.2. The van der Waals surface area contributed by atoms with Gasteiger partial charge in [0.25, 0.3) is 0 Å². The fourth-order valence-corrected chi connectivity index (χ4v) is 2.26. The van der Waals surface area contributed by atoms with E-state index >= 15 is 0 Å². The summed E-state index contributed by atoms with van der Waals surface area (Å²) >= 11 is 0. The number of para-hydroxylation sites is 1. The number of aryl methyl sites for hydroxylation is 1. The molecular weight excluding hydrogens is 258 g/mol. The van der Waals surface area contributed by atoms with E-state index in [1.165, 1.54) is 0 Å². The van der Waals surface area contributed by atoms with E-state index in [1.54, 1.807) is 0 Å². The molecule has 1 heterocycles. The molecule has 0 aliphatic heterocycles. The topological polar surface area (TPSA) is 50.9 Å². The molecule has 3 N–H and O–H groups in total. The van der Waals surface area contributed by atoms with E-state index in [0.29, 0.717) is 11.5 Å². The minimum absolute atomic E-state index is 0.642. The molecule has 0 unspecified atom stereocenters. The van der Waals surface area contributed by atoms with Crippen LogP contribution in [-0.2, 0) is 0 Å². The molecule has 0 saturated heterocycles. The summed E-state index contributed by atoms with van der Waals surface area (Å²) in [6.07, 6.45) is 0. The van der Waals surface area contributed by atoms with Gasteiger partial charge in [0.15, 0.2) is 5.82 Å². The maximum Gasteiger partial charge on any atom is 0.153 e. The summed E-state index contributed by atoms with van der Waals surface area (Å²) in [5.41, 5.74) is 10.9. The molecule has 3 nitrogen and oxygen atoms in total. The van der Waals surface area contributed by atoms with E-state index in [2.05, 4.69) is 28.5 Å². The highest BCUT2D eigenvalue weighted by Gasteiger charge is 2.07. The molecule has 2 aromatic carbocycles.